The van der Waals surface area contributed by atoms with Crippen LogP contribution < -0.4 is 10.6 Å². The first-order valence-electron chi connectivity index (χ1n) is 7.83. The third kappa shape index (κ3) is 2.96. The molecular weight excluding hydrogens is 311 g/mol. The lowest BCUT2D eigenvalue weighted by Gasteiger charge is -2.22. The number of fused-ring (bicyclic) bond motifs is 1. The maximum absolute atomic E-state index is 12.7. The Morgan fingerprint density at radius 1 is 1.39 bits per heavy atom. The third-order valence-corrected chi connectivity index (χ3v) is 5.92. The second-order valence-electron chi connectivity index (χ2n) is 6.62. The van der Waals surface area contributed by atoms with Gasteiger partial charge in [-0.15, -0.1) is 0 Å². The average molecular weight is 334 g/mol. The maximum Gasteiger partial charge on any atom is 0.257 e. The fourth-order valence-corrected chi connectivity index (χ4v) is 4.62. The van der Waals surface area contributed by atoms with E-state index in [9.17, 15) is 9.36 Å². The summed E-state index contributed by atoms with van der Waals surface area (Å²) in [6.07, 6.45) is 3.87. The van der Waals surface area contributed by atoms with Crippen molar-refractivity contribution in [1.29, 1.82) is 0 Å². The van der Waals surface area contributed by atoms with Crippen LogP contribution >= 0.6 is 7.14 Å². The molecule has 2 heterocycles. The fraction of sp³-hybridized carbons (Fsp3) is 0.471. The lowest BCUT2D eigenvalue weighted by molar-refractivity contribution is -0.110. The highest BCUT2D eigenvalue weighted by atomic mass is 31.2. The number of rotatable bonds is 3. The van der Waals surface area contributed by atoms with Crippen molar-refractivity contribution in [1.82, 2.24) is 4.90 Å². The lowest BCUT2D eigenvalue weighted by Crippen LogP contribution is -2.26. The van der Waals surface area contributed by atoms with Crippen molar-refractivity contribution in [2.24, 2.45) is 0 Å². The monoisotopic (exact) mass is 334 g/mol. The van der Waals surface area contributed by atoms with Crippen LogP contribution in [-0.2, 0) is 14.1 Å². The number of anilines is 1. The largest absolute Gasteiger partial charge is 0.362 e. The zero-order valence-corrected chi connectivity index (χ0v) is 14.9. The number of methoxy groups -OCH3 is 1. The number of nitrogens with zero attached hydrogens (tertiary/aromatic N) is 1. The molecular formula is C17H23N2O3P. The summed E-state index contributed by atoms with van der Waals surface area (Å²) < 4.78 is 18.2. The molecule has 1 N–H and O–H groups in total. The number of likely N-dealkylation sites (tertiary alicyclic amines) is 1. The minimum atomic E-state index is -2.50. The standard InChI is InChI=1S/C17H23N2O3P/c1-11-8-13-16(14(9-11)23(3,4)21)12(17(20)18-13)10-19-7-5-6-15(19)22-2/h8-10,15H,5-7H2,1-4H3,(H,18,20). The highest BCUT2D eigenvalue weighted by molar-refractivity contribution is 7.70. The summed E-state index contributed by atoms with van der Waals surface area (Å²) in [5.74, 6) is -0.137. The van der Waals surface area contributed by atoms with Gasteiger partial charge in [-0.3, -0.25) is 4.79 Å². The van der Waals surface area contributed by atoms with Crippen molar-refractivity contribution in [3.8, 4) is 0 Å². The van der Waals surface area contributed by atoms with Gasteiger partial charge in [-0.25, -0.2) is 0 Å². The van der Waals surface area contributed by atoms with Crippen LogP contribution in [0.15, 0.2) is 18.3 Å². The van der Waals surface area contributed by atoms with Crippen LogP contribution in [0.2, 0.25) is 0 Å². The molecule has 0 bridgehead atoms. The number of benzene rings is 1. The van der Waals surface area contributed by atoms with Crippen molar-refractivity contribution in [3.05, 3.63) is 29.5 Å². The fourth-order valence-electron chi connectivity index (χ4n) is 3.33. The molecule has 5 nitrogen and oxygen atoms in total. The summed E-state index contributed by atoms with van der Waals surface area (Å²) in [5, 5.41) is 3.68. The Kier molecular flexibility index (Phi) is 4.11. The first-order chi connectivity index (χ1) is 10.8. The number of ether oxygens (including phenoxy) is 1. The second kappa shape index (κ2) is 5.81. The molecule has 1 amide bonds. The van der Waals surface area contributed by atoms with Gasteiger partial charge in [0.15, 0.2) is 0 Å². The zero-order chi connectivity index (χ0) is 16.8. The first kappa shape index (κ1) is 16.3. The molecule has 6 heteroatoms. The summed E-state index contributed by atoms with van der Waals surface area (Å²) in [5.41, 5.74) is 3.13. The maximum atomic E-state index is 12.7. The zero-order valence-electron chi connectivity index (χ0n) is 14.0. The quantitative estimate of drug-likeness (QED) is 0.682. The van der Waals surface area contributed by atoms with Gasteiger partial charge in [0.25, 0.3) is 5.91 Å². The van der Waals surface area contributed by atoms with E-state index in [4.69, 9.17) is 4.74 Å². The number of hydrogen-bond donors (Lipinski definition) is 1. The second-order valence-corrected chi connectivity index (χ2v) is 9.81. The van der Waals surface area contributed by atoms with Gasteiger partial charge in [0.2, 0.25) is 0 Å². The van der Waals surface area contributed by atoms with Gasteiger partial charge in [0.1, 0.15) is 13.4 Å². The molecule has 3 rings (SSSR count). The molecule has 1 aromatic carbocycles. The van der Waals surface area contributed by atoms with Crippen LogP contribution in [0, 0.1) is 6.92 Å². The van der Waals surface area contributed by atoms with Crippen LogP contribution in [0.4, 0.5) is 5.69 Å². The molecule has 0 aliphatic carbocycles. The van der Waals surface area contributed by atoms with Crippen molar-refractivity contribution in [3.63, 3.8) is 0 Å². The molecule has 124 valence electrons. The molecule has 0 radical (unpaired) electrons. The van der Waals surface area contributed by atoms with Gasteiger partial charge in [0, 0.05) is 30.7 Å². The third-order valence-electron chi connectivity index (χ3n) is 4.41. The van der Waals surface area contributed by atoms with Crippen LogP contribution in [0.3, 0.4) is 0 Å². The summed E-state index contributed by atoms with van der Waals surface area (Å²) in [6, 6.07) is 3.87. The highest BCUT2D eigenvalue weighted by Gasteiger charge is 2.33. The molecule has 1 fully saturated rings. The molecule has 1 atom stereocenters. The van der Waals surface area contributed by atoms with E-state index in [1.54, 1.807) is 20.4 Å². The molecule has 1 saturated heterocycles. The van der Waals surface area contributed by atoms with Crippen molar-refractivity contribution >= 4 is 29.6 Å². The Balaban J connectivity index is 2.13. The van der Waals surface area contributed by atoms with E-state index in [2.05, 4.69) is 10.2 Å². The average Bonchev–Trinajstić information content (AvgIpc) is 3.02. The summed E-state index contributed by atoms with van der Waals surface area (Å²) in [4.78, 5) is 14.5. The Morgan fingerprint density at radius 3 is 2.78 bits per heavy atom. The summed E-state index contributed by atoms with van der Waals surface area (Å²) >= 11 is 0. The van der Waals surface area contributed by atoms with E-state index in [1.165, 1.54) is 0 Å². The topological polar surface area (TPSA) is 58.6 Å². The minimum Gasteiger partial charge on any atom is -0.362 e. The van der Waals surface area contributed by atoms with Gasteiger partial charge < -0.3 is 19.5 Å². The van der Waals surface area contributed by atoms with E-state index in [0.717, 1.165) is 41.5 Å². The highest BCUT2D eigenvalue weighted by Crippen LogP contribution is 2.43. The van der Waals surface area contributed by atoms with E-state index in [0.29, 0.717) is 5.57 Å². The molecule has 0 spiro atoms. The molecule has 0 aromatic heterocycles. The molecule has 2 aliphatic rings. The predicted molar refractivity (Wildman–Crippen MR) is 93.6 cm³/mol. The van der Waals surface area contributed by atoms with Crippen molar-refractivity contribution in [2.75, 3.05) is 32.3 Å². The Hall–Kier alpha value is -1.58. The van der Waals surface area contributed by atoms with E-state index >= 15 is 0 Å². The molecule has 0 saturated carbocycles. The van der Waals surface area contributed by atoms with E-state index < -0.39 is 7.14 Å². The van der Waals surface area contributed by atoms with Crippen molar-refractivity contribution < 1.29 is 14.1 Å². The molecule has 1 unspecified atom stereocenters. The van der Waals surface area contributed by atoms with Gasteiger partial charge in [-0.1, -0.05) is 0 Å². The van der Waals surface area contributed by atoms with Crippen LogP contribution in [-0.4, -0.2) is 44.0 Å². The number of carbonyl (C=O) groups is 1. The van der Waals surface area contributed by atoms with Crippen LogP contribution in [0.5, 0.6) is 0 Å². The Bertz CT molecular complexity index is 736. The van der Waals surface area contributed by atoms with Gasteiger partial charge >= 0.3 is 0 Å². The van der Waals surface area contributed by atoms with Crippen LogP contribution in [0.1, 0.15) is 24.0 Å². The van der Waals surface area contributed by atoms with Gasteiger partial charge in [-0.2, -0.15) is 0 Å². The molecule has 1 aromatic rings. The number of amides is 1. The van der Waals surface area contributed by atoms with E-state index in [1.807, 2.05) is 25.3 Å². The first-order valence-corrected chi connectivity index (χ1v) is 10.4. The predicted octanol–water partition coefficient (Wildman–Crippen LogP) is 2.60. The number of nitrogens with one attached hydrogen (secondary N) is 1. The summed E-state index contributed by atoms with van der Waals surface area (Å²) in [6.45, 7) is 6.31. The molecule has 2 aliphatic heterocycles. The minimum absolute atomic E-state index is 0.00306. The normalized spacial score (nSPS) is 22.6. The smallest absolute Gasteiger partial charge is 0.257 e. The number of aryl methyl sites for hydroxylation is 1. The summed E-state index contributed by atoms with van der Waals surface area (Å²) in [7, 11) is -0.814. The molecule has 23 heavy (non-hydrogen) atoms. The van der Waals surface area contributed by atoms with Crippen LogP contribution in [0.25, 0.3) is 5.57 Å². The van der Waals surface area contributed by atoms with Gasteiger partial charge in [-0.05, 0) is 50.8 Å². The SMILES string of the molecule is COC1CCCN1C=C1C(=O)Nc2cc(C)cc(P(C)(C)=O)c21. The Morgan fingerprint density at radius 2 is 2.13 bits per heavy atom. The lowest BCUT2D eigenvalue weighted by atomic mass is 10.1. The van der Waals surface area contributed by atoms with Gasteiger partial charge in [0.05, 0.1) is 11.3 Å². The van der Waals surface area contributed by atoms with E-state index in [-0.39, 0.29) is 12.1 Å². The number of carbonyl (C=O) groups excluding carboxylic acids is 1. The Labute approximate surface area is 137 Å². The van der Waals surface area contributed by atoms with Crippen molar-refractivity contribution in [2.45, 2.75) is 26.0 Å². The number of hydrogen-bond acceptors (Lipinski definition) is 4.